The van der Waals surface area contributed by atoms with Crippen LogP contribution in [0.1, 0.15) is 172 Å². The summed E-state index contributed by atoms with van der Waals surface area (Å²) in [6, 6.07) is 10.6. The van der Waals surface area contributed by atoms with E-state index in [-0.39, 0.29) is 25.2 Å². The van der Waals surface area contributed by atoms with E-state index in [9.17, 15) is 24.9 Å². The molecule has 1 fully saturated rings. The average Bonchev–Trinajstić information content (AvgIpc) is 3.79. The van der Waals surface area contributed by atoms with Gasteiger partial charge >= 0.3 is 7.82 Å². The van der Waals surface area contributed by atoms with Crippen molar-refractivity contribution in [3.05, 3.63) is 52.8 Å². The van der Waals surface area contributed by atoms with E-state index in [1.807, 2.05) is 13.8 Å². The highest BCUT2D eigenvalue weighted by atomic mass is 31.2. The Morgan fingerprint density at radius 2 is 1.58 bits per heavy atom. The summed E-state index contributed by atoms with van der Waals surface area (Å²) in [7, 11) is -4.67. The van der Waals surface area contributed by atoms with Crippen molar-refractivity contribution in [1.29, 1.82) is 10.7 Å². The van der Waals surface area contributed by atoms with Gasteiger partial charge in [0.15, 0.2) is 0 Å². The van der Waals surface area contributed by atoms with Crippen LogP contribution in [0.2, 0.25) is 0 Å². The van der Waals surface area contributed by atoms with Gasteiger partial charge < -0.3 is 40.0 Å². The lowest BCUT2D eigenvalue weighted by Crippen LogP contribution is -2.44. The number of ether oxygens (including phenoxy) is 3. The third kappa shape index (κ3) is 18.2. The number of aliphatic imine (C=N–C) groups is 1. The number of nitrogens with zero attached hydrogens (tertiary/aromatic N) is 2. The van der Waals surface area contributed by atoms with Gasteiger partial charge in [-0.1, -0.05) is 122 Å². The summed E-state index contributed by atoms with van der Waals surface area (Å²) in [4.78, 5) is 17.4. The monoisotopic (exact) mass is 846 g/mol. The van der Waals surface area contributed by atoms with E-state index in [4.69, 9.17) is 34.4 Å². The SMILES string of the molecule is CCCCCCCCCCCCCCCCCCC[C@H](COP(=O)(O)OC[C@@]1(C)O[C@@H](c2ccc(C(N)=NC=N)[nH]2)[C@H](O)[C@@H]1O)OCc1ccc(C#N)c(OC(C)C)c1. The number of nitriles is 1. The van der Waals surface area contributed by atoms with Crippen LogP contribution in [0, 0.1) is 16.7 Å². The number of unbranched alkanes of at least 4 members (excludes halogenated alkanes) is 16. The quantitative estimate of drug-likeness (QED) is 0.0176. The standard InChI is InChI=1S/C44H72N5O9P/c1-5-6-7-8-9-10-11-12-13-14-15-16-17-18-19-20-21-22-36(54-29-34-23-24-35(28-45)39(27-34)57-33(2)3)30-55-59(52,53)56-31-44(4)42(51)40(50)41(58-44)37-25-26-38(49-37)43(47)48-32-46/h23-27,32-33,36,40-42,49-51H,5-22,29-31H2,1-4H3,(H,52,53)(H3,46,47,48)/t36-,40+,41+,42+,44-/m1/s1. The van der Waals surface area contributed by atoms with E-state index in [0.717, 1.165) is 31.2 Å². The number of aromatic nitrogens is 1. The van der Waals surface area contributed by atoms with Gasteiger partial charge in [-0.05, 0) is 57.0 Å². The molecule has 0 bridgehead atoms. The van der Waals surface area contributed by atoms with Crippen molar-refractivity contribution >= 4 is 20.0 Å². The number of hydrogen-bond donors (Lipinski definition) is 6. The molecule has 0 radical (unpaired) electrons. The smallest absolute Gasteiger partial charge is 0.472 e. The number of benzene rings is 1. The van der Waals surface area contributed by atoms with Gasteiger partial charge in [-0.3, -0.25) is 14.5 Å². The molecule has 0 spiro atoms. The summed E-state index contributed by atoms with van der Waals surface area (Å²) in [6.07, 6.45) is 18.3. The van der Waals surface area contributed by atoms with E-state index in [1.165, 1.54) is 96.8 Å². The number of rotatable bonds is 32. The lowest BCUT2D eigenvalue weighted by Gasteiger charge is -2.28. The highest BCUT2D eigenvalue weighted by Gasteiger charge is 2.53. The summed E-state index contributed by atoms with van der Waals surface area (Å²) in [6.45, 7) is 6.88. The largest absolute Gasteiger partial charge is 0.490 e. The van der Waals surface area contributed by atoms with Crippen molar-refractivity contribution in [3.8, 4) is 11.8 Å². The molecule has 2 aromatic rings. The Labute approximate surface area is 352 Å². The van der Waals surface area contributed by atoms with Gasteiger partial charge in [-0.25, -0.2) is 9.56 Å². The Morgan fingerprint density at radius 1 is 0.983 bits per heavy atom. The van der Waals surface area contributed by atoms with Crippen LogP contribution in [-0.4, -0.2) is 75.5 Å². The van der Waals surface area contributed by atoms with Gasteiger partial charge in [0.25, 0.3) is 0 Å². The number of aromatic amines is 1. The second-order valence-corrected chi connectivity index (χ2v) is 17.7. The number of H-pyrrole nitrogens is 1. The zero-order valence-electron chi connectivity index (χ0n) is 35.9. The second-order valence-electron chi connectivity index (χ2n) is 16.3. The molecule has 0 saturated carbocycles. The van der Waals surface area contributed by atoms with E-state index in [1.54, 1.807) is 30.3 Å². The molecule has 0 amide bonds. The summed E-state index contributed by atoms with van der Waals surface area (Å²) in [5, 5.41) is 38.4. The molecule has 0 aliphatic carbocycles. The molecule has 332 valence electrons. The molecular weight excluding hydrogens is 773 g/mol. The number of phosphoric ester groups is 1. The Bertz CT molecular complexity index is 1630. The van der Waals surface area contributed by atoms with Gasteiger partial charge in [0.05, 0.1) is 43.3 Å². The molecule has 15 heteroatoms. The molecular formula is C44H72N5O9P. The first-order valence-electron chi connectivity index (χ1n) is 21.8. The number of aliphatic hydroxyl groups is 2. The van der Waals surface area contributed by atoms with Gasteiger partial charge in [0.1, 0.15) is 47.9 Å². The van der Waals surface area contributed by atoms with Crippen LogP contribution in [0.4, 0.5) is 0 Å². The molecule has 6 atom stereocenters. The van der Waals surface area contributed by atoms with Crippen LogP contribution in [0.25, 0.3) is 0 Å². The predicted molar refractivity (Wildman–Crippen MR) is 231 cm³/mol. The van der Waals surface area contributed by atoms with Crippen LogP contribution >= 0.6 is 7.82 Å². The maximum Gasteiger partial charge on any atom is 0.472 e. The fourth-order valence-corrected chi connectivity index (χ4v) is 8.09. The number of amidine groups is 1. The zero-order chi connectivity index (χ0) is 43.1. The highest BCUT2D eigenvalue weighted by Crippen LogP contribution is 2.47. The van der Waals surface area contributed by atoms with Crippen molar-refractivity contribution in [2.45, 2.75) is 186 Å². The minimum absolute atomic E-state index is 0.0536. The van der Waals surface area contributed by atoms with Gasteiger partial charge in [0.2, 0.25) is 0 Å². The van der Waals surface area contributed by atoms with Crippen molar-refractivity contribution < 1.29 is 42.9 Å². The minimum atomic E-state index is -4.67. The fourth-order valence-electron chi connectivity index (χ4n) is 7.24. The van der Waals surface area contributed by atoms with E-state index in [2.05, 4.69) is 23.0 Å². The number of phosphoric acid groups is 1. The number of nitrogens with one attached hydrogen (secondary N) is 2. The molecule has 1 aromatic carbocycles. The predicted octanol–water partition coefficient (Wildman–Crippen LogP) is 9.30. The molecule has 1 aromatic heterocycles. The Balaban J connectivity index is 1.48. The van der Waals surface area contributed by atoms with Crippen LogP contribution in [0.5, 0.6) is 5.75 Å². The normalized spacial score (nSPS) is 21.1. The molecule has 1 aliphatic heterocycles. The van der Waals surface area contributed by atoms with Gasteiger partial charge in [0, 0.05) is 5.69 Å². The van der Waals surface area contributed by atoms with E-state index in [0.29, 0.717) is 29.1 Å². The molecule has 1 aliphatic rings. The Morgan fingerprint density at radius 3 is 2.14 bits per heavy atom. The summed E-state index contributed by atoms with van der Waals surface area (Å²) >= 11 is 0. The minimum Gasteiger partial charge on any atom is -0.490 e. The summed E-state index contributed by atoms with van der Waals surface area (Å²) in [5.41, 5.74) is 6.25. The lowest BCUT2D eigenvalue weighted by molar-refractivity contribution is -0.100. The first-order valence-corrected chi connectivity index (χ1v) is 23.3. The highest BCUT2D eigenvalue weighted by molar-refractivity contribution is 7.47. The summed E-state index contributed by atoms with van der Waals surface area (Å²) in [5.74, 6) is 0.519. The average molecular weight is 846 g/mol. The van der Waals surface area contributed by atoms with Crippen LogP contribution in [-0.2, 0) is 29.7 Å². The third-order valence-corrected chi connectivity index (χ3v) is 11.7. The molecule has 7 N–H and O–H groups in total. The topological polar surface area (TPSA) is 226 Å². The van der Waals surface area contributed by atoms with Gasteiger partial charge in [-0.15, -0.1) is 0 Å². The van der Waals surface area contributed by atoms with Crippen LogP contribution in [0.15, 0.2) is 35.3 Å². The van der Waals surface area contributed by atoms with Crippen LogP contribution < -0.4 is 10.5 Å². The van der Waals surface area contributed by atoms with Crippen molar-refractivity contribution in [3.63, 3.8) is 0 Å². The Hall–Kier alpha value is -3.12. The maximum absolute atomic E-state index is 13.2. The van der Waals surface area contributed by atoms with E-state index < -0.39 is 44.4 Å². The molecule has 1 saturated heterocycles. The van der Waals surface area contributed by atoms with Crippen molar-refractivity contribution in [2.75, 3.05) is 13.2 Å². The van der Waals surface area contributed by atoms with E-state index >= 15 is 0 Å². The number of hydrogen-bond acceptors (Lipinski definition) is 10. The van der Waals surface area contributed by atoms with Gasteiger partial charge in [-0.2, -0.15) is 5.26 Å². The summed E-state index contributed by atoms with van der Waals surface area (Å²) < 4.78 is 42.0. The first-order chi connectivity index (χ1) is 28.3. The lowest BCUT2D eigenvalue weighted by atomic mass is 9.97. The third-order valence-electron chi connectivity index (χ3n) is 10.7. The molecule has 3 rings (SSSR count). The maximum atomic E-state index is 13.2. The first kappa shape index (κ1) is 50.2. The number of aliphatic hydroxyl groups excluding tert-OH is 2. The van der Waals surface area contributed by atoms with Crippen molar-refractivity contribution in [1.82, 2.24) is 4.98 Å². The fraction of sp³-hybridized carbons (Fsp3) is 0.705. The molecule has 59 heavy (non-hydrogen) atoms. The molecule has 14 nitrogen and oxygen atoms in total. The molecule has 2 heterocycles. The molecule has 1 unspecified atom stereocenters. The zero-order valence-corrected chi connectivity index (χ0v) is 36.8. The number of nitrogens with two attached hydrogens (primary N) is 1. The second kappa shape index (κ2) is 27.0. The Kier molecular flexibility index (Phi) is 23.0. The van der Waals surface area contributed by atoms with Crippen LogP contribution in [0.3, 0.4) is 0 Å². The van der Waals surface area contributed by atoms with Crippen molar-refractivity contribution in [2.24, 2.45) is 10.7 Å².